The fraction of sp³-hybridized carbons (Fsp3) is 0.375. The van der Waals surface area contributed by atoms with E-state index in [0.717, 1.165) is 0 Å². The highest BCUT2D eigenvalue weighted by Crippen LogP contribution is 2.16. The fourth-order valence-corrected chi connectivity index (χ4v) is 3.75. The average Bonchev–Trinajstić information content (AvgIpc) is 2.56. The molecule has 0 saturated heterocycles. The van der Waals surface area contributed by atoms with Gasteiger partial charge in [0.05, 0.1) is 6.42 Å². The van der Waals surface area contributed by atoms with E-state index in [2.05, 4.69) is 4.98 Å². The van der Waals surface area contributed by atoms with Gasteiger partial charge in [-0.3, -0.25) is 14.4 Å². The Morgan fingerprint density at radius 2 is 2.00 bits per heavy atom. The highest BCUT2D eigenvalue weighted by atomic mass is 32.2. The number of nitrogens with one attached hydrogen (secondary N) is 2. The number of hydrogen-bond donors (Lipinski definition) is 4. The number of rotatable bonds is 6. The van der Waals surface area contributed by atoms with Crippen LogP contribution in [0.3, 0.4) is 0 Å². The summed E-state index contributed by atoms with van der Waals surface area (Å²) in [6.45, 7) is 1.33. The van der Waals surface area contributed by atoms with Crippen molar-refractivity contribution in [2.75, 3.05) is 0 Å². The molecule has 1 atom stereocenters. The topological polar surface area (TPSA) is 154 Å². The number of aryl methyl sites for hydroxylation is 1. The molecule has 1 aromatic heterocycles. The molecular weight excluding hydrogens is 300 g/mol. The number of carboxylic acid groups (broad SMARTS) is 2. The summed E-state index contributed by atoms with van der Waals surface area (Å²) in [5, 5.41) is 17.3. The Kier molecular flexibility index (Phi) is 4.44. The van der Waals surface area contributed by atoms with Crippen molar-refractivity contribution in [1.29, 1.82) is 0 Å². The number of aliphatic carboxylic acids is 2. The number of thiazole rings is 1. The number of hydrogen-bond acceptors (Lipinski definition) is 6. The van der Waals surface area contributed by atoms with Crippen molar-refractivity contribution in [1.82, 2.24) is 9.71 Å². The van der Waals surface area contributed by atoms with Crippen LogP contribution in [-0.4, -0.2) is 41.6 Å². The van der Waals surface area contributed by atoms with Gasteiger partial charge in [-0.05, 0) is 6.92 Å². The zero-order valence-electron chi connectivity index (χ0n) is 9.54. The SMILES string of the molecule is Cc1[nH]c(=O)sc1S(=O)(=O)N[C@@H](CC(=O)O)C(=O)O. The van der Waals surface area contributed by atoms with Crippen LogP contribution in [0.4, 0.5) is 0 Å². The normalized spacial score (nSPS) is 13.1. The highest BCUT2D eigenvalue weighted by molar-refractivity contribution is 7.91. The molecule has 0 aliphatic carbocycles. The first kappa shape index (κ1) is 15.3. The molecule has 0 unspecified atom stereocenters. The molecule has 1 rings (SSSR count). The highest BCUT2D eigenvalue weighted by Gasteiger charge is 2.29. The van der Waals surface area contributed by atoms with E-state index >= 15 is 0 Å². The Bertz CT molecular complexity index is 657. The molecule has 4 N–H and O–H groups in total. The van der Waals surface area contributed by atoms with E-state index in [1.807, 2.05) is 0 Å². The Morgan fingerprint density at radius 1 is 1.42 bits per heavy atom. The molecule has 0 aromatic carbocycles. The van der Waals surface area contributed by atoms with Crippen molar-refractivity contribution >= 4 is 33.3 Å². The Morgan fingerprint density at radius 3 is 2.37 bits per heavy atom. The summed E-state index contributed by atoms with van der Waals surface area (Å²) < 4.78 is 25.1. The van der Waals surface area contributed by atoms with Crippen LogP contribution in [0.2, 0.25) is 0 Å². The van der Waals surface area contributed by atoms with Crippen molar-refractivity contribution in [3.8, 4) is 0 Å². The van der Waals surface area contributed by atoms with Gasteiger partial charge in [-0.1, -0.05) is 11.3 Å². The summed E-state index contributed by atoms with van der Waals surface area (Å²) in [6, 6.07) is -1.81. The molecule has 0 aliphatic heterocycles. The largest absolute Gasteiger partial charge is 0.481 e. The summed E-state index contributed by atoms with van der Waals surface area (Å²) in [5.74, 6) is -3.08. The zero-order valence-corrected chi connectivity index (χ0v) is 11.2. The average molecular weight is 310 g/mol. The van der Waals surface area contributed by atoms with E-state index in [-0.39, 0.29) is 9.90 Å². The molecule has 0 spiro atoms. The van der Waals surface area contributed by atoms with Gasteiger partial charge in [0.15, 0.2) is 4.21 Å². The molecule has 0 saturated carbocycles. The molecule has 1 aromatic rings. The maximum atomic E-state index is 11.8. The van der Waals surface area contributed by atoms with Gasteiger partial charge in [-0.15, -0.1) is 0 Å². The monoisotopic (exact) mass is 310 g/mol. The van der Waals surface area contributed by atoms with Gasteiger partial charge in [-0.2, -0.15) is 4.72 Å². The first-order valence-corrected chi connectivity index (χ1v) is 7.10. The van der Waals surface area contributed by atoms with Crippen molar-refractivity contribution in [2.24, 2.45) is 0 Å². The van der Waals surface area contributed by atoms with Crippen LogP contribution >= 0.6 is 11.3 Å². The molecule has 0 fully saturated rings. The number of H-pyrrole nitrogens is 1. The van der Waals surface area contributed by atoms with Crippen molar-refractivity contribution in [3.05, 3.63) is 15.4 Å². The zero-order chi connectivity index (χ0) is 14.8. The molecule has 0 aliphatic rings. The summed E-state index contributed by atoms with van der Waals surface area (Å²) in [7, 11) is -4.27. The van der Waals surface area contributed by atoms with Crippen LogP contribution in [0.15, 0.2) is 9.00 Å². The number of carboxylic acids is 2. The molecule has 1 heterocycles. The summed E-state index contributed by atoms with van der Waals surface area (Å²) in [5.41, 5.74) is 0.0574. The second-order valence-electron chi connectivity index (χ2n) is 3.54. The third kappa shape index (κ3) is 3.87. The minimum atomic E-state index is -4.27. The first-order chi connectivity index (χ1) is 8.63. The third-order valence-corrected chi connectivity index (χ3v) is 5.08. The van der Waals surface area contributed by atoms with E-state index in [9.17, 15) is 22.8 Å². The van der Waals surface area contributed by atoms with Gasteiger partial charge in [0.1, 0.15) is 6.04 Å². The smallest absolute Gasteiger partial charge is 0.322 e. The lowest BCUT2D eigenvalue weighted by atomic mass is 10.2. The summed E-state index contributed by atoms with van der Waals surface area (Å²) in [6.07, 6.45) is -0.910. The lowest BCUT2D eigenvalue weighted by molar-refractivity contribution is -0.145. The third-order valence-electron chi connectivity index (χ3n) is 2.00. The van der Waals surface area contributed by atoms with Crippen LogP contribution in [0.1, 0.15) is 12.1 Å². The number of aromatic amines is 1. The second kappa shape index (κ2) is 5.50. The summed E-state index contributed by atoms with van der Waals surface area (Å²) in [4.78, 5) is 33.9. The minimum Gasteiger partial charge on any atom is -0.481 e. The molecule has 11 heteroatoms. The van der Waals surface area contributed by atoms with E-state index in [4.69, 9.17) is 10.2 Å². The van der Waals surface area contributed by atoms with E-state index in [1.54, 1.807) is 4.72 Å². The number of aromatic nitrogens is 1. The molecular formula is C8H10N2O7S2. The van der Waals surface area contributed by atoms with Gasteiger partial charge >= 0.3 is 16.8 Å². The van der Waals surface area contributed by atoms with Crippen LogP contribution in [0.25, 0.3) is 0 Å². The molecule has 0 radical (unpaired) electrons. The van der Waals surface area contributed by atoms with Crippen LogP contribution < -0.4 is 9.60 Å². The maximum Gasteiger partial charge on any atom is 0.322 e. The van der Waals surface area contributed by atoms with Crippen LogP contribution in [0, 0.1) is 6.92 Å². The summed E-state index contributed by atoms with van der Waals surface area (Å²) >= 11 is 0.392. The predicted molar refractivity (Wildman–Crippen MR) is 63.7 cm³/mol. The quantitative estimate of drug-likeness (QED) is 0.522. The van der Waals surface area contributed by atoms with Crippen LogP contribution in [-0.2, 0) is 19.6 Å². The molecule has 0 amide bonds. The first-order valence-electron chi connectivity index (χ1n) is 4.80. The molecule has 19 heavy (non-hydrogen) atoms. The molecule has 0 bridgehead atoms. The molecule has 106 valence electrons. The molecule has 9 nitrogen and oxygen atoms in total. The van der Waals surface area contributed by atoms with Crippen molar-refractivity contribution in [3.63, 3.8) is 0 Å². The van der Waals surface area contributed by atoms with E-state index in [1.165, 1.54) is 6.92 Å². The van der Waals surface area contributed by atoms with Gasteiger partial charge in [-0.25, -0.2) is 8.42 Å². The standard InChI is InChI=1S/C8H10N2O7S2/c1-3-7(18-8(15)9-3)19(16,17)10-4(6(13)14)2-5(11)12/h4,10H,2H2,1H3,(H,9,15)(H,11,12)(H,13,14)/t4-/m0/s1. The maximum absolute atomic E-state index is 11.8. The fourth-order valence-electron chi connectivity index (χ4n) is 1.24. The van der Waals surface area contributed by atoms with Gasteiger partial charge < -0.3 is 15.2 Å². The van der Waals surface area contributed by atoms with Crippen molar-refractivity contribution < 1.29 is 28.2 Å². The number of sulfonamides is 1. The van der Waals surface area contributed by atoms with Gasteiger partial charge in [0.25, 0.3) is 10.0 Å². The second-order valence-corrected chi connectivity index (χ2v) is 6.43. The van der Waals surface area contributed by atoms with Gasteiger partial charge in [0, 0.05) is 5.69 Å². The predicted octanol–water partition coefficient (Wildman–Crippen LogP) is -1.05. The Balaban J connectivity index is 3.07. The Labute approximate surface area is 110 Å². The van der Waals surface area contributed by atoms with Crippen molar-refractivity contribution in [2.45, 2.75) is 23.6 Å². The lowest BCUT2D eigenvalue weighted by Gasteiger charge is -2.11. The van der Waals surface area contributed by atoms with E-state index in [0.29, 0.717) is 11.3 Å². The van der Waals surface area contributed by atoms with E-state index < -0.39 is 39.3 Å². The van der Waals surface area contributed by atoms with Gasteiger partial charge in [0.2, 0.25) is 0 Å². The van der Waals surface area contributed by atoms with Crippen LogP contribution in [0.5, 0.6) is 0 Å². The lowest BCUT2D eigenvalue weighted by Crippen LogP contribution is -2.42. The minimum absolute atomic E-state index is 0.0574. The number of carbonyl (C=O) groups is 2. The Hall–Kier alpha value is -1.72.